The third kappa shape index (κ3) is 2.16. The predicted molar refractivity (Wildman–Crippen MR) is 72.8 cm³/mol. The van der Waals surface area contributed by atoms with Gasteiger partial charge in [0.05, 0.1) is 6.61 Å². The number of rotatable bonds is 4. The lowest BCUT2D eigenvalue weighted by Gasteiger charge is -2.39. The number of hydrogen-bond acceptors (Lipinski definition) is 1. The van der Waals surface area contributed by atoms with Crippen molar-refractivity contribution in [1.82, 2.24) is 0 Å². The van der Waals surface area contributed by atoms with Gasteiger partial charge in [0.2, 0.25) is 0 Å². The van der Waals surface area contributed by atoms with Crippen LogP contribution < -0.4 is 0 Å². The Balaban J connectivity index is 2.29. The van der Waals surface area contributed by atoms with Crippen LogP contribution in [0.2, 0.25) is 0 Å². The Kier molecular flexibility index (Phi) is 3.39. The van der Waals surface area contributed by atoms with Crippen LogP contribution in [-0.4, -0.2) is 12.2 Å². The van der Waals surface area contributed by atoms with Crippen LogP contribution in [0.3, 0.4) is 0 Å². The van der Waals surface area contributed by atoms with Crippen molar-refractivity contribution in [1.29, 1.82) is 0 Å². The minimum Gasteiger partial charge on any atom is -0.366 e. The van der Waals surface area contributed by atoms with Crippen molar-refractivity contribution in [2.45, 2.75) is 33.3 Å². The molecule has 0 bridgehead atoms. The van der Waals surface area contributed by atoms with Gasteiger partial charge in [0.1, 0.15) is 5.60 Å². The molecule has 2 aliphatic rings. The molecule has 0 saturated heterocycles. The fourth-order valence-corrected chi connectivity index (χ4v) is 2.42. The summed E-state index contributed by atoms with van der Waals surface area (Å²) in [5, 5.41) is 0. The highest BCUT2D eigenvalue weighted by Gasteiger charge is 2.39. The lowest BCUT2D eigenvalue weighted by atomic mass is 9.77. The van der Waals surface area contributed by atoms with Crippen molar-refractivity contribution in [3.05, 3.63) is 47.6 Å². The fraction of sp³-hybridized carbons (Fsp3) is 0.500. The lowest BCUT2D eigenvalue weighted by Crippen LogP contribution is -2.40. The Morgan fingerprint density at radius 3 is 2.53 bits per heavy atom. The highest BCUT2D eigenvalue weighted by molar-refractivity contribution is 5.59. The molecular weight excluding hydrogens is 208 g/mol. The minimum absolute atomic E-state index is 0.238. The quantitative estimate of drug-likeness (QED) is 0.708. The van der Waals surface area contributed by atoms with E-state index < -0.39 is 0 Å². The van der Waals surface area contributed by atoms with E-state index >= 15 is 0 Å². The normalized spacial score (nSPS) is 26.5. The molecule has 0 heterocycles. The number of ether oxygens (including phenoxy) is 1. The lowest BCUT2D eigenvalue weighted by molar-refractivity contribution is -0.0249. The van der Waals surface area contributed by atoms with E-state index in [4.69, 9.17) is 4.74 Å². The molecule has 0 aromatic rings. The summed E-state index contributed by atoms with van der Waals surface area (Å²) in [6.07, 6.45) is 13.0. The zero-order valence-electron chi connectivity index (χ0n) is 11.2. The molecule has 0 amide bonds. The standard InChI is InChI=1S/C16H22O/c1-12(2)11-17-16(13(3)4)10-6-8-14-7-5-9-15(14)16/h5-10,12-13H,11H2,1-4H3. The molecule has 0 N–H and O–H groups in total. The van der Waals surface area contributed by atoms with E-state index in [1.54, 1.807) is 0 Å². The molecule has 92 valence electrons. The van der Waals surface area contributed by atoms with E-state index in [0.29, 0.717) is 11.8 Å². The van der Waals surface area contributed by atoms with Gasteiger partial charge < -0.3 is 4.74 Å². The molecule has 1 unspecified atom stereocenters. The molecule has 0 radical (unpaired) electrons. The van der Waals surface area contributed by atoms with Crippen LogP contribution in [0, 0.1) is 11.8 Å². The molecule has 0 aromatic heterocycles. The van der Waals surface area contributed by atoms with Gasteiger partial charge in [0.15, 0.2) is 0 Å². The largest absolute Gasteiger partial charge is 0.366 e. The molecule has 0 aromatic carbocycles. The second-order valence-corrected chi connectivity index (χ2v) is 5.57. The Bertz CT molecular complexity index is 407. The molecule has 0 spiro atoms. The summed E-state index contributed by atoms with van der Waals surface area (Å²) < 4.78 is 6.27. The third-order valence-corrected chi connectivity index (χ3v) is 3.40. The Morgan fingerprint density at radius 1 is 1.12 bits per heavy atom. The maximum atomic E-state index is 6.27. The first-order valence-corrected chi connectivity index (χ1v) is 6.49. The summed E-state index contributed by atoms with van der Waals surface area (Å²) in [6, 6.07) is 0. The molecule has 1 atom stereocenters. The van der Waals surface area contributed by atoms with E-state index in [2.05, 4.69) is 64.2 Å². The number of allylic oxidation sites excluding steroid dienone is 5. The van der Waals surface area contributed by atoms with E-state index in [1.807, 2.05) is 0 Å². The van der Waals surface area contributed by atoms with Crippen LogP contribution in [0.1, 0.15) is 27.7 Å². The Labute approximate surface area is 105 Å². The van der Waals surface area contributed by atoms with E-state index in [9.17, 15) is 0 Å². The van der Waals surface area contributed by atoms with Crippen molar-refractivity contribution < 1.29 is 4.74 Å². The number of fused-ring (bicyclic) bond motifs is 1. The smallest absolute Gasteiger partial charge is 0.114 e. The van der Waals surface area contributed by atoms with Crippen molar-refractivity contribution in [3.8, 4) is 0 Å². The van der Waals surface area contributed by atoms with Crippen molar-refractivity contribution in [3.63, 3.8) is 0 Å². The zero-order valence-corrected chi connectivity index (χ0v) is 11.2. The second kappa shape index (κ2) is 4.66. The average molecular weight is 230 g/mol. The molecule has 1 nitrogen and oxygen atoms in total. The number of hydrogen-bond donors (Lipinski definition) is 0. The monoisotopic (exact) mass is 230 g/mol. The summed E-state index contributed by atoms with van der Waals surface area (Å²) in [7, 11) is 0. The van der Waals surface area contributed by atoms with E-state index in [1.165, 1.54) is 11.1 Å². The summed E-state index contributed by atoms with van der Waals surface area (Å²) in [4.78, 5) is 0. The topological polar surface area (TPSA) is 9.23 Å². The van der Waals surface area contributed by atoms with Gasteiger partial charge in [-0.15, -0.1) is 0 Å². The maximum absolute atomic E-state index is 6.27. The Hall–Kier alpha value is -1.08. The average Bonchev–Trinajstić information content (AvgIpc) is 2.74. The minimum atomic E-state index is -0.238. The summed E-state index contributed by atoms with van der Waals surface area (Å²) in [5.41, 5.74) is 2.37. The first-order valence-electron chi connectivity index (χ1n) is 6.49. The van der Waals surface area contributed by atoms with Crippen LogP contribution in [0.25, 0.3) is 0 Å². The van der Waals surface area contributed by atoms with Gasteiger partial charge in [-0.1, -0.05) is 58.1 Å². The van der Waals surface area contributed by atoms with Gasteiger partial charge in [0.25, 0.3) is 0 Å². The molecule has 0 saturated carbocycles. The molecule has 1 heteroatoms. The van der Waals surface area contributed by atoms with Gasteiger partial charge in [-0.2, -0.15) is 0 Å². The first kappa shape index (κ1) is 12.4. The Morgan fingerprint density at radius 2 is 1.88 bits per heavy atom. The first-order chi connectivity index (χ1) is 8.06. The van der Waals surface area contributed by atoms with Crippen molar-refractivity contribution in [2.24, 2.45) is 11.8 Å². The van der Waals surface area contributed by atoms with Gasteiger partial charge in [0, 0.05) is 0 Å². The van der Waals surface area contributed by atoms with Gasteiger partial charge in [-0.3, -0.25) is 0 Å². The highest BCUT2D eigenvalue weighted by atomic mass is 16.5. The van der Waals surface area contributed by atoms with Gasteiger partial charge in [-0.25, -0.2) is 0 Å². The van der Waals surface area contributed by atoms with Crippen LogP contribution >= 0.6 is 0 Å². The predicted octanol–water partition coefficient (Wildman–Crippen LogP) is 4.05. The maximum Gasteiger partial charge on any atom is 0.114 e. The SMILES string of the molecule is CC(C)COC1(C(C)C)C=CC=C2C=CC=C21. The van der Waals surface area contributed by atoms with Crippen molar-refractivity contribution in [2.75, 3.05) is 6.61 Å². The van der Waals surface area contributed by atoms with Crippen LogP contribution in [0.15, 0.2) is 47.6 Å². The van der Waals surface area contributed by atoms with Crippen LogP contribution in [-0.2, 0) is 4.74 Å². The van der Waals surface area contributed by atoms with E-state index in [-0.39, 0.29) is 5.60 Å². The molecule has 0 fully saturated rings. The van der Waals surface area contributed by atoms with Crippen LogP contribution in [0.4, 0.5) is 0 Å². The van der Waals surface area contributed by atoms with Gasteiger partial charge >= 0.3 is 0 Å². The molecule has 0 aliphatic heterocycles. The zero-order chi connectivity index (χ0) is 12.5. The van der Waals surface area contributed by atoms with Gasteiger partial charge in [-0.05, 0) is 29.1 Å². The molecule has 17 heavy (non-hydrogen) atoms. The molecule has 2 rings (SSSR count). The third-order valence-electron chi connectivity index (χ3n) is 3.40. The molecule has 2 aliphatic carbocycles. The molecular formula is C16H22O. The van der Waals surface area contributed by atoms with Crippen LogP contribution in [0.5, 0.6) is 0 Å². The summed E-state index contributed by atoms with van der Waals surface area (Å²) in [5.74, 6) is 0.996. The van der Waals surface area contributed by atoms with E-state index in [0.717, 1.165) is 6.61 Å². The fourth-order valence-electron chi connectivity index (χ4n) is 2.42. The van der Waals surface area contributed by atoms with Crippen molar-refractivity contribution >= 4 is 0 Å². The summed E-state index contributed by atoms with van der Waals surface area (Å²) >= 11 is 0. The highest BCUT2D eigenvalue weighted by Crippen LogP contribution is 2.41. The second-order valence-electron chi connectivity index (χ2n) is 5.57. The summed E-state index contributed by atoms with van der Waals surface area (Å²) in [6.45, 7) is 9.64.